The Morgan fingerprint density at radius 2 is 2.12 bits per heavy atom. The van der Waals surface area contributed by atoms with Gasteiger partial charge in [0.25, 0.3) is 0 Å². The zero-order valence-corrected chi connectivity index (χ0v) is 9.77. The molecular formula is C12H15F2NS. The topological polar surface area (TPSA) is 26.0 Å². The monoisotopic (exact) mass is 243 g/mol. The van der Waals surface area contributed by atoms with Crippen LogP contribution in [-0.4, -0.2) is 11.0 Å². The van der Waals surface area contributed by atoms with E-state index < -0.39 is 17.7 Å². The van der Waals surface area contributed by atoms with Crippen molar-refractivity contribution in [3.8, 4) is 0 Å². The van der Waals surface area contributed by atoms with Crippen LogP contribution in [0, 0.1) is 11.6 Å². The van der Waals surface area contributed by atoms with Gasteiger partial charge in [-0.15, -0.1) is 0 Å². The molecule has 1 aromatic rings. The van der Waals surface area contributed by atoms with E-state index in [1.807, 2.05) is 0 Å². The van der Waals surface area contributed by atoms with Gasteiger partial charge in [-0.05, 0) is 36.8 Å². The zero-order valence-electron chi connectivity index (χ0n) is 8.96. The van der Waals surface area contributed by atoms with E-state index in [0.29, 0.717) is 5.56 Å². The molecule has 88 valence electrons. The normalized spacial score (nSPS) is 23.1. The third-order valence-electron chi connectivity index (χ3n) is 2.93. The van der Waals surface area contributed by atoms with Crippen LogP contribution < -0.4 is 5.73 Å². The van der Waals surface area contributed by atoms with Crippen molar-refractivity contribution in [2.75, 3.05) is 5.75 Å². The molecule has 1 aromatic carbocycles. The van der Waals surface area contributed by atoms with E-state index in [-0.39, 0.29) is 5.25 Å². The summed E-state index contributed by atoms with van der Waals surface area (Å²) in [7, 11) is 0. The molecule has 1 saturated heterocycles. The number of nitrogens with two attached hydrogens (primary N) is 1. The average Bonchev–Trinajstić information content (AvgIpc) is 2.32. The molecule has 0 bridgehead atoms. The Morgan fingerprint density at radius 3 is 2.81 bits per heavy atom. The third kappa shape index (κ3) is 2.55. The largest absolute Gasteiger partial charge is 0.323 e. The van der Waals surface area contributed by atoms with Gasteiger partial charge in [-0.1, -0.05) is 6.42 Å². The molecule has 2 N–H and O–H groups in total. The second kappa shape index (κ2) is 5.15. The van der Waals surface area contributed by atoms with E-state index in [0.717, 1.165) is 30.7 Å². The molecule has 0 spiro atoms. The van der Waals surface area contributed by atoms with E-state index >= 15 is 0 Å². The highest BCUT2D eigenvalue weighted by Crippen LogP contribution is 2.34. The van der Waals surface area contributed by atoms with Gasteiger partial charge in [-0.25, -0.2) is 8.78 Å². The van der Waals surface area contributed by atoms with Crippen molar-refractivity contribution < 1.29 is 8.78 Å². The van der Waals surface area contributed by atoms with Gasteiger partial charge in [0.05, 0.1) is 0 Å². The number of rotatable bonds is 2. The minimum absolute atomic E-state index is 0.213. The van der Waals surface area contributed by atoms with E-state index in [9.17, 15) is 8.78 Å². The standard InChI is InChI=1S/C12H15F2NS/c13-8-4-5-10(14)9(7-8)12(15)11-3-1-2-6-16-11/h4-5,7,11-12H,1-3,6,15H2. The molecule has 1 aliphatic rings. The fraction of sp³-hybridized carbons (Fsp3) is 0.500. The van der Waals surface area contributed by atoms with Crippen molar-refractivity contribution in [2.45, 2.75) is 30.6 Å². The number of hydrogen-bond acceptors (Lipinski definition) is 2. The minimum atomic E-state index is -0.423. The molecule has 2 rings (SSSR count). The molecule has 0 amide bonds. The maximum Gasteiger partial charge on any atom is 0.128 e. The fourth-order valence-corrected chi connectivity index (χ4v) is 3.38. The Hall–Kier alpha value is -0.610. The molecule has 0 radical (unpaired) electrons. The first-order chi connectivity index (χ1) is 7.68. The maximum atomic E-state index is 13.5. The van der Waals surface area contributed by atoms with Gasteiger partial charge in [0.1, 0.15) is 11.6 Å². The molecule has 1 heterocycles. The molecule has 1 fully saturated rings. The lowest BCUT2D eigenvalue weighted by Crippen LogP contribution is -2.27. The van der Waals surface area contributed by atoms with Gasteiger partial charge in [0.2, 0.25) is 0 Å². The van der Waals surface area contributed by atoms with Crippen LogP contribution >= 0.6 is 11.8 Å². The Labute approximate surface area is 98.4 Å². The maximum absolute atomic E-state index is 13.5. The average molecular weight is 243 g/mol. The van der Waals surface area contributed by atoms with Gasteiger partial charge >= 0.3 is 0 Å². The summed E-state index contributed by atoms with van der Waals surface area (Å²) in [6.07, 6.45) is 3.31. The fourth-order valence-electron chi connectivity index (χ4n) is 2.02. The van der Waals surface area contributed by atoms with Gasteiger partial charge in [0, 0.05) is 16.9 Å². The van der Waals surface area contributed by atoms with Crippen molar-refractivity contribution in [1.82, 2.24) is 0 Å². The second-order valence-electron chi connectivity index (χ2n) is 4.10. The van der Waals surface area contributed by atoms with Crippen LogP contribution in [0.2, 0.25) is 0 Å². The Kier molecular flexibility index (Phi) is 3.82. The first kappa shape index (κ1) is 11.9. The van der Waals surface area contributed by atoms with Crippen molar-refractivity contribution in [3.05, 3.63) is 35.4 Å². The molecule has 0 aliphatic carbocycles. The van der Waals surface area contributed by atoms with Crippen LogP contribution in [0.25, 0.3) is 0 Å². The lowest BCUT2D eigenvalue weighted by atomic mass is 10.00. The number of benzene rings is 1. The first-order valence-electron chi connectivity index (χ1n) is 5.50. The Morgan fingerprint density at radius 1 is 1.31 bits per heavy atom. The molecule has 2 unspecified atom stereocenters. The summed E-state index contributed by atoms with van der Waals surface area (Å²) in [5.41, 5.74) is 6.32. The number of halogens is 2. The summed E-state index contributed by atoms with van der Waals surface area (Å²) in [5.74, 6) is 0.239. The minimum Gasteiger partial charge on any atom is -0.323 e. The van der Waals surface area contributed by atoms with Crippen molar-refractivity contribution in [3.63, 3.8) is 0 Å². The van der Waals surface area contributed by atoms with E-state index in [2.05, 4.69) is 0 Å². The predicted molar refractivity (Wildman–Crippen MR) is 63.4 cm³/mol. The first-order valence-corrected chi connectivity index (χ1v) is 6.55. The lowest BCUT2D eigenvalue weighted by Gasteiger charge is -2.27. The highest BCUT2D eigenvalue weighted by atomic mass is 32.2. The van der Waals surface area contributed by atoms with Crippen LogP contribution in [0.1, 0.15) is 30.9 Å². The van der Waals surface area contributed by atoms with Crippen LogP contribution in [-0.2, 0) is 0 Å². The summed E-state index contributed by atoms with van der Waals surface area (Å²) in [4.78, 5) is 0. The third-order valence-corrected chi connectivity index (χ3v) is 4.41. The Balaban J connectivity index is 2.18. The molecule has 0 aromatic heterocycles. The molecule has 0 saturated carbocycles. The predicted octanol–water partition coefficient (Wildman–Crippen LogP) is 3.25. The lowest BCUT2D eigenvalue weighted by molar-refractivity contribution is 0.531. The highest BCUT2D eigenvalue weighted by molar-refractivity contribution is 8.00. The highest BCUT2D eigenvalue weighted by Gasteiger charge is 2.24. The summed E-state index contributed by atoms with van der Waals surface area (Å²) < 4.78 is 26.6. The van der Waals surface area contributed by atoms with E-state index in [4.69, 9.17) is 5.73 Å². The van der Waals surface area contributed by atoms with Gasteiger partial charge in [0.15, 0.2) is 0 Å². The summed E-state index contributed by atoms with van der Waals surface area (Å²) >= 11 is 1.77. The van der Waals surface area contributed by atoms with E-state index in [1.165, 1.54) is 12.5 Å². The van der Waals surface area contributed by atoms with Crippen LogP contribution in [0.5, 0.6) is 0 Å². The van der Waals surface area contributed by atoms with Gasteiger partial charge < -0.3 is 5.73 Å². The van der Waals surface area contributed by atoms with Crippen molar-refractivity contribution in [1.29, 1.82) is 0 Å². The van der Waals surface area contributed by atoms with E-state index in [1.54, 1.807) is 11.8 Å². The van der Waals surface area contributed by atoms with Gasteiger partial charge in [-0.3, -0.25) is 0 Å². The van der Waals surface area contributed by atoms with Crippen LogP contribution in [0.15, 0.2) is 18.2 Å². The summed E-state index contributed by atoms with van der Waals surface area (Å²) in [6.45, 7) is 0. The summed E-state index contributed by atoms with van der Waals surface area (Å²) in [6, 6.07) is 3.09. The smallest absolute Gasteiger partial charge is 0.128 e. The molecule has 16 heavy (non-hydrogen) atoms. The molecule has 1 nitrogen and oxygen atoms in total. The van der Waals surface area contributed by atoms with Crippen LogP contribution in [0.4, 0.5) is 8.78 Å². The second-order valence-corrected chi connectivity index (χ2v) is 5.44. The molecular weight excluding hydrogens is 228 g/mol. The number of thioether (sulfide) groups is 1. The zero-order chi connectivity index (χ0) is 11.5. The number of hydrogen-bond donors (Lipinski definition) is 1. The quantitative estimate of drug-likeness (QED) is 0.863. The molecule has 1 aliphatic heterocycles. The van der Waals surface area contributed by atoms with Gasteiger partial charge in [-0.2, -0.15) is 11.8 Å². The van der Waals surface area contributed by atoms with Crippen molar-refractivity contribution in [2.24, 2.45) is 5.73 Å². The molecule has 2 atom stereocenters. The molecule has 4 heteroatoms. The van der Waals surface area contributed by atoms with Crippen LogP contribution in [0.3, 0.4) is 0 Å². The SMILES string of the molecule is NC(c1cc(F)ccc1F)C1CCCCS1. The Bertz CT molecular complexity index is 364. The van der Waals surface area contributed by atoms with Crippen molar-refractivity contribution >= 4 is 11.8 Å². The summed E-state index contributed by atoms with van der Waals surface area (Å²) in [5, 5.41) is 0.213.